The molecule has 0 aliphatic carbocycles. The molecule has 0 aromatic heterocycles. The minimum atomic E-state index is -0.414. The molecule has 0 bridgehead atoms. The predicted octanol–water partition coefficient (Wildman–Crippen LogP) is 3.19. The van der Waals surface area contributed by atoms with E-state index in [0.29, 0.717) is 43.2 Å². The van der Waals surface area contributed by atoms with Crippen LogP contribution in [0.1, 0.15) is 5.56 Å². The third-order valence-corrected chi connectivity index (χ3v) is 4.75. The van der Waals surface area contributed by atoms with Crippen molar-refractivity contribution in [3.05, 3.63) is 58.3 Å². The number of rotatable bonds is 4. The van der Waals surface area contributed by atoms with Gasteiger partial charge >= 0.3 is 0 Å². The zero-order valence-electron chi connectivity index (χ0n) is 14.0. The maximum atomic E-state index is 14.1. The number of piperazine rings is 1. The quantitative estimate of drug-likeness (QED) is 0.766. The summed E-state index contributed by atoms with van der Waals surface area (Å²) < 4.78 is 20.6. The fourth-order valence-corrected chi connectivity index (χ4v) is 3.06. The molecule has 0 N–H and O–H groups in total. The molecule has 0 radical (unpaired) electrons. The van der Waals surface area contributed by atoms with Gasteiger partial charge in [0.15, 0.2) is 6.61 Å². The molecule has 0 atom stereocenters. The van der Waals surface area contributed by atoms with E-state index in [1.807, 2.05) is 23.1 Å². The van der Waals surface area contributed by atoms with Gasteiger partial charge in [-0.1, -0.05) is 15.9 Å². The lowest BCUT2D eigenvalue weighted by Gasteiger charge is -2.36. The van der Waals surface area contributed by atoms with Crippen LogP contribution in [-0.2, 0) is 4.79 Å². The van der Waals surface area contributed by atoms with Gasteiger partial charge in [0, 0.05) is 30.7 Å². The van der Waals surface area contributed by atoms with E-state index >= 15 is 0 Å². The Morgan fingerprint density at radius 3 is 2.46 bits per heavy atom. The average molecular weight is 418 g/mol. The number of ether oxygens (including phenoxy) is 1. The maximum absolute atomic E-state index is 14.1. The second-order valence-electron chi connectivity index (χ2n) is 5.89. The van der Waals surface area contributed by atoms with E-state index in [1.54, 1.807) is 29.2 Å². The highest BCUT2D eigenvalue weighted by atomic mass is 79.9. The second kappa shape index (κ2) is 8.19. The number of hydrogen-bond donors (Lipinski definition) is 0. The van der Waals surface area contributed by atoms with Crippen LogP contribution in [0.15, 0.2) is 46.9 Å². The van der Waals surface area contributed by atoms with Crippen molar-refractivity contribution in [1.82, 2.24) is 4.90 Å². The minimum absolute atomic E-state index is 0.0210. The Balaban J connectivity index is 1.52. The van der Waals surface area contributed by atoms with Gasteiger partial charge < -0.3 is 14.5 Å². The molecule has 1 fully saturated rings. The van der Waals surface area contributed by atoms with Crippen molar-refractivity contribution < 1.29 is 13.9 Å². The summed E-state index contributed by atoms with van der Waals surface area (Å²) in [7, 11) is 0. The summed E-state index contributed by atoms with van der Waals surface area (Å²) in [6, 6.07) is 13.7. The fraction of sp³-hybridized carbons (Fsp3) is 0.263. The van der Waals surface area contributed by atoms with E-state index in [1.165, 1.54) is 6.07 Å². The third-order valence-electron chi connectivity index (χ3n) is 4.23. The van der Waals surface area contributed by atoms with E-state index in [0.717, 1.165) is 4.47 Å². The maximum Gasteiger partial charge on any atom is 0.260 e. The lowest BCUT2D eigenvalue weighted by atomic mass is 10.2. The Kier molecular flexibility index (Phi) is 5.74. The Bertz CT molecular complexity index is 828. The minimum Gasteiger partial charge on any atom is -0.484 e. The molecular weight excluding hydrogens is 401 g/mol. The number of hydrogen-bond acceptors (Lipinski definition) is 4. The lowest BCUT2D eigenvalue weighted by molar-refractivity contribution is -0.133. The first kappa shape index (κ1) is 18.2. The van der Waals surface area contributed by atoms with E-state index in [4.69, 9.17) is 10.00 Å². The number of carbonyl (C=O) groups excluding carboxylic acids is 1. The van der Waals surface area contributed by atoms with Crippen molar-refractivity contribution in [2.45, 2.75) is 0 Å². The Labute approximate surface area is 159 Å². The standard InChI is InChI=1S/C19H17BrFN3O2/c20-15-2-4-16(5-3-15)26-13-19(25)24-9-7-23(8-10-24)18-6-1-14(12-22)11-17(18)21/h1-6,11H,7-10,13H2. The topological polar surface area (TPSA) is 56.6 Å². The number of nitriles is 1. The van der Waals surface area contributed by atoms with Gasteiger partial charge in [0.05, 0.1) is 17.3 Å². The largest absolute Gasteiger partial charge is 0.484 e. The highest BCUT2D eigenvalue weighted by molar-refractivity contribution is 9.10. The van der Waals surface area contributed by atoms with Crippen molar-refractivity contribution in [3.63, 3.8) is 0 Å². The molecule has 1 saturated heterocycles. The van der Waals surface area contributed by atoms with E-state index < -0.39 is 5.82 Å². The number of amides is 1. The van der Waals surface area contributed by atoms with E-state index in [2.05, 4.69) is 15.9 Å². The van der Waals surface area contributed by atoms with Gasteiger partial charge in [0.25, 0.3) is 5.91 Å². The summed E-state index contributed by atoms with van der Waals surface area (Å²) in [5.74, 6) is 0.134. The van der Waals surface area contributed by atoms with Crippen LogP contribution in [-0.4, -0.2) is 43.6 Å². The smallest absolute Gasteiger partial charge is 0.260 e. The number of nitrogens with zero attached hydrogens (tertiary/aromatic N) is 3. The first-order valence-corrected chi connectivity index (χ1v) is 8.97. The zero-order valence-corrected chi connectivity index (χ0v) is 15.6. The summed E-state index contributed by atoms with van der Waals surface area (Å²) in [5.41, 5.74) is 0.757. The van der Waals surface area contributed by atoms with Crippen LogP contribution in [0.2, 0.25) is 0 Å². The Hall–Kier alpha value is -2.59. The summed E-state index contributed by atoms with van der Waals surface area (Å²) in [5, 5.41) is 8.82. The monoisotopic (exact) mass is 417 g/mol. The van der Waals surface area contributed by atoms with Crippen LogP contribution in [0.3, 0.4) is 0 Å². The van der Waals surface area contributed by atoms with Crippen molar-refractivity contribution in [1.29, 1.82) is 5.26 Å². The Morgan fingerprint density at radius 2 is 1.85 bits per heavy atom. The summed E-state index contributed by atoms with van der Waals surface area (Å²) in [6.45, 7) is 2.05. The molecule has 0 saturated carbocycles. The number of anilines is 1. The number of benzene rings is 2. The molecule has 134 valence electrons. The summed E-state index contributed by atoms with van der Waals surface area (Å²) >= 11 is 3.35. The number of carbonyl (C=O) groups is 1. The van der Waals surface area contributed by atoms with Crippen molar-refractivity contribution in [2.24, 2.45) is 0 Å². The van der Waals surface area contributed by atoms with Crippen LogP contribution in [0.5, 0.6) is 5.75 Å². The van der Waals surface area contributed by atoms with Crippen molar-refractivity contribution in [2.75, 3.05) is 37.7 Å². The SMILES string of the molecule is N#Cc1ccc(N2CCN(C(=O)COc3ccc(Br)cc3)CC2)c(F)c1. The molecule has 26 heavy (non-hydrogen) atoms. The molecule has 1 aliphatic rings. The molecule has 2 aromatic carbocycles. The first-order chi connectivity index (χ1) is 12.6. The normalized spacial score (nSPS) is 14.0. The third kappa shape index (κ3) is 4.33. The van der Waals surface area contributed by atoms with Crippen LogP contribution < -0.4 is 9.64 Å². The molecule has 1 amide bonds. The van der Waals surface area contributed by atoms with Crippen LogP contribution >= 0.6 is 15.9 Å². The summed E-state index contributed by atoms with van der Waals surface area (Å²) in [6.07, 6.45) is 0. The lowest BCUT2D eigenvalue weighted by Crippen LogP contribution is -2.50. The van der Waals surface area contributed by atoms with Gasteiger partial charge in [-0.15, -0.1) is 0 Å². The van der Waals surface area contributed by atoms with E-state index in [9.17, 15) is 9.18 Å². The van der Waals surface area contributed by atoms with Gasteiger partial charge in [-0.25, -0.2) is 4.39 Å². The first-order valence-electron chi connectivity index (χ1n) is 8.17. The second-order valence-corrected chi connectivity index (χ2v) is 6.80. The highest BCUT2D eigenvalue weighted by Crippen LogP contribution is 2.22. The molecule has 0 unspecified atom stereocenters. The van der Waals surface area contributed by atoms with E-state index in [-0.39, 0.29) is 12.5 Å². The van der Waals surface area contributed by atoms with Gasteiger partial charge in [-0.3, -0.25) is 4.79 Å². The molecule has 3 rings (SSSR count). The molecule has 7 heteroatoms. The number of halogens is 2. The molecule has 1 aliphatic heterocycles. The van der Waals surface area contributed by atoms with Crippen molar-refractivity contribution in [3.8, 4) is 11.8 Å². The van der Waals surface area contributed by atoms with Crippen molar-refractivity contribution >= 4 is 27.5 Å². The summed E-state index contributed by atoms with van der Waals surface area (Å²) in [4.78, 5) is 15.9. The average Bonchev–Trinajstić information content (AvgIpc) is 2.67. The van der Waals surface area contributed by atoms with Crippen LogP contribution in [0.25, 0.3) is 0 Å². The van der Waals surface area contributed by atoms with Gasteiger partial charge in [0.2, 0.25) is 0 Å². The highest BCUT2D eigenvalue weighted by Gasteiger charge is 2.23. The molecule has 0 spiro atoms. The van der Waals surface area contributed by atoms with Crippen LogP contribution in [0, 0.1) is 17.1 Å². The molecule has 2 aromatic rings. The fourth-order valence-electron chi connectivity index (χ4n) is 2.80. The Morgan fingerprint density at radius 1 is 1.15 bits per heavy atom. The molecule has 5 nitrogen and oxygen atoms in total. The van der Waals surface area contributed by atoms with Gasteiger partial charge in [0.1, 0.15) is 11.6 Å². The molecular formula is C19H17BrFN3O2. The zero-order chi connectivity index (χ0) is 18.5. The van der Waals surface area contributed by atoms with Gasteiger partial charge in [-0.05, 0) is 42.5 Å². The van der Waals surface area contributed by atoms with Gasteiger partial charge in [-0.2, -0.15) is 5.26 Å². The van der Waals surface area contributed by atoms with Crippen LogP contribution in [0.4, 0.5) is 10.1 Å². The predicted molar refractivity (Wildman–Crippen MR) is 99.5 cm³/mol. The molecule has 1 heterocycles.